The molecule has 2 aromatic rings. The zero-order chi connectivity index (χ0) is 18.6. The van der Waals surface area contributed by atoms with E-state index in [0.717, 1.165) is 6.92 Å². The first-order valence-corrected chi connectivity index (χ1v) is 7.45. The van der Waals surface area contributed by atoms with Crippen molar-refractivity contribution in [2.24, 2.45) is 0 Å². The Morgan fingerprint density at radius 2 is 1.84 bits per heavy atom. The summed E-state index contributed by atoms with van der Waals surface area (Å²) in [7, 11) is 0. The molecule has 1 heterocycles. The molecular weight excluding hydrogens is 363 g/mol. The van der Waals surface area contributed by atoms with Gasteiger partial charge in [0.2, 0.25) is 5.76 Å². The fraction of sp³-hybridized carbons (Fsp3) is 0.250. The Labute approximate surface area is 145 Å². The molecule has 1 aromatic heterocycles. The Bertz CT molecular complexity index is 755. The first-order chi connectivity index (χ1) is 11.7. The first kappa shape index (κ1) is 18.9. The lowest BCUT2D eigenvalue weighted by Gasteiger charge is -2.13. The molecule has 0 saturated heterocycles. The van der Waals surface area contributed by atoms with Gasteiger partial charge in [-0.2, -0.15) is 13.2 Å². The Morgan fingerprint density at radius 3 is 2.44 bits per heavy atom. The number of alkyl halides is 3. The van der Waals surface area contributed by atoms with Gasteiger partial charge in [0.15, 0.2) is 6.10 Å². The number of halogens is 4. The largest absolute Gasteiger partial charge is 0.449 e. The molecule has 5 nitrogen and oxygen atoms in total. The van der Waals surface area contributed by atoms with E-state index in [9.17, 15) is 22.8 Å². The van der Waals surface area contributed by atoms with Gasteiger partial charge in [0.1, 0.15) is 12.3 Å². The molecule has 0 bridgehead atoms. The maximum Gasteiger partial charge on any atom is 0.405 e. The molecule has 134 valence electrons. The summed E-state index contributed by atoms with van der Waals surface area (Å²) >= 11 is 5.78. The molecule has 0 fully saturated rings. The summed E-state index contributed by atoms with van der Waals surface area (Å²) in [5.74, 6) is -1.83. The van der Waals surface area contributed by atoms with Crippen LogP contribution in [0.2, 0.25) is 5.02 Å². The van der Waals surface area contributed by atoms with Crippen LogP contribution in [0, 0.1) is 0 Å². The van der Waals surface area contributed by atoms with Gasteiger partial charge in [0.05, 0.1) is 0 Å². The van der Waals surface area contributed by atoms with Crippen LogP contribution in [0.3, 0.4) is 0 Å². The number of amides is 1. The second-order valence-corrected chi connectivity index (χ2v) is 5.49. The number of carbonyl (C=O) groups is 2. The number of benzene rings is 1. The van der Waals surface area contributed by atoms with E-state index in [2.05, 4.69) is 0 Å². The van der Waals surface area contributed by atoms with Gasteiger partial charge in [0.25, 0.3) is 5.91 Å². The number of hydrogen-bond acceptors (Lipinski definition) is 4. The average molecular weight is 376 g/mol. The second-order valence-electron chi connectivity index (χ2n) is 5.05. The minimum atomic E-state index is -4.55. The van der Waals surface area contributed by atoms with Crippen LogP contribution < -0.4 is 5.32 Å². The quantitative estimate of drug-likeness (QED) is 0.806. The molecule has 2 rings (SSSR count). The fourth-order valence-electron chi connectivity index (χ4n) is 1.82. The number of carbonyl (C=O) groups excluding carboxylic acids is 2. The van der Waals surface area contributed by atoms with Crippen molar-refractivity contribution in [3.05, 3.63) is 47.2 Å². The number of nitrogens with one attached hydrogen (secondary N) is 1. The Morgan fingerprint density at radius 1 is 1.20 bits per heavy atom. The van der Waals surface area contributed by atoms with E-state index < -0.39 is 30.7 Å². The molecule has 1 unspecified atom stereocenters. The van der Waals surface area contributed by atoms with Gasteiger partial charge in [-0.15, -0.1) is 0 Å². The van der Waals surface area contributed by atoms with Crippen LogP contribution in [0.5, 0.6) is 0 Å². The SMILES string of the molecule is CC(OC(=O)c1ccc(-c2ccc(Cl)cc2)o1)C(=O)NCC(F)(F)F. The number of hydrogen-bond donors (Lipinski definition) is 1. The third kappa shape index (κ3) is 5.53. The minimum absolute atomic E-state index is 0.180. The minimum Gasteiger partial charge on any atom is -0.449 e. The molecule has 9 heteroatoms. The highest BCUT2D eigenvalue weighted by atomic mass is 35.5. The number of rotatable bonds is 5. The Kier molecular flexibility index (Phi) is 5.73. The second kappa shape index (κ2) is 7.60. The standard InChI is InChI=1S/C16H13ClF3NO4/c1-9(14(22)21-8-16(18,19)20)24-15(23)13-7-6-12(25-13)10-2-4-11(17)5-3-10/h2-7,9H,8H2,1H3,(H,21,22). The van der Waals surface area contributed by atoms with E-state index in [-0.39, 0.29) is 5.76 Å². The highest BCUT2D eigenvalue weighted by molar-refractivity contribution is 6.30. The fourth-order valence-corrected chi connectivity index (χ4v) is 1.95. The molecule has 0 aliphatic carbocycles. The lowest BCUT2D eigenvalue weighted by molar-refractivity contribution is -0.143. The van der Waals surface area contributed by atoms with Crippen molar-refractivity contribution in [2.75, 3.05) is 6.54 Å². The zero-order valence-electron chi connectivity index (χ0n) is 12.9. The van der Waals surface area contributed by atoms with Gasteiger partial charge in [-0.25, -0.2) is 4.79 Å². The van der Waals surface area contributed by atoms with Crippen LogP contribution in [-0.4, -0.2) is 30.7 Å². The van der Waals surface area contributed by atoms with Crippen LogP contribution in [-0.2, 0) is 9.53 Å². The normalized spacial score (nSPS) is 12.5. The van der Waals surface area contributed by atoms with E-state index in [1.807, 2.05) is 0 Å². The molecule has 25 heavy (non-hydrogen) atoms. The first-order valence-electron chi connectivity index (χ1n) is 7.07. The third-order valence-electron chi connectivity index (χ3n) is 3.05. The molecule has 0 aliphatic rings. The van der Waals surface area contributed by atoms with Crippen LogP contribution in [0.1, 0.15) is 17.5 Å². The van der Waals surface area contributed by atoms with Gasteiger partial charge < -0.3 is 14.5 Å². The summed E-state index contributed by atoms with van der Waals surface area (Å²) in [6.07, 6.45) is -5.95. The third-order valence-corrected chi connectivity index (χ3v) is 3.30. The molecule has 1 amide bonds. The van der Waals surface area contributed by atoms with Crippen LogP contribution >= 0.6 is 11.6 Å². The maximum absolute atomic E-state index is 12.1. The van der Waals surface area contributed by atoms with E-state index in [4.69, 9.17) is 20.8 Å². The summed E-state index contributed by atoms with van der Waals surface area (Å²) < 4.78 is 46.3. The van der Waals surface area contributed by atoms with Crippen LogP contribution in [0.15, 0.2) is 40.8 Å². The lowest BCUT2D eigenvalue weighted by atomic mass is 10.2. The summed E-state index contributed by atoms with van der Waals surface area (Å²) in [5, 5.41) is 2.17. The predicted octanol–water partition coefficient (Wildman–Crippen LogP) is 3.82. The topological polar surface area (TPSA) is 68.5 Å². The van der Waals surface area contributed by atoms with E-state index >= 15 is 0 Å². The summed E-state index contributed by atoms with van der Waals surface area (Å²) in [6.45, 7) is -0.345. The number of esters is 1. The van der Waals surface area contributed by atoms with Gasteiger partial charge in [-0.3, -0.25) is 4.79 Å². The monoisotopic (exact) mass is 375 g/mol. The average Bonchev–Trinajstić information content (AvgIpc) is 3.02. The molecule has 0 radical (unpaired) electrons. The van der Waals surface area contributed by atoms with Crippen LogP contribution in [0.4, 0.5) is 13.2 Å². The van der Waals surface area contributed by atoms with Crippen molar-refractivity contribution < 1.29 is 31.9 Å². The molecule has 0 aliphatic heterocycles. The van der Waals surface area contributed by atoms with E-state index in [1.54, 1.807) is 29.6 Å². The Balaban J connectivity index is 1.97. The van der Waals surface area contributed by atoms with Crippen molar-refractivity contribution in [2.45, 2.75) is 19.2 Å². The number of furan rings is 1. The lowest BCUT2D eigenvalue weighted by Crippen LogP contribution is -2.40. The molecule has 1 N–H and O–H groups in total. The summed E-state index contributed by atoms with van der Waals surface area (Å²) in [6, 6.07) is 9.52. The molecule has 0 spiro atoms. The van der Waals surface area contributed by atoms with Gasteiger partial charge in [0, 0.05) is 10.6 Å². The maximum atomic E-state index is 12.1. The molecule has 1 atom stereocenters. The number of ether oxygens (including phenoxy) is 1. The highest BCUT2D eigenvalue weighted by Gasteiger charge is 2.29. The van der Waals surface area contributed by atoms with Crippen molar-refractivity contribution >= 4 is 23.5 Å². The predicted molar refractivity (Wildman–Crippen MR) is 83.1 cm³/mol. The van der Waals surface area contributed by atoms with E-state index in [1.165, 1.54) is 12.1 Å². The molecule has 0 saturated carbocycles. The van der Waals surface area contributed by atoms with E-state index in [0.29, 0.717) is 16.3 Å². The van der Waals surface area contributed by atoms with Gasteiger partial charge in [-0.1, -0.05) is 11.6 Å². The zero-order valence-corrected chi connectivity index (χ0v) is 13.6. The smallest absolute Gasteiger partial charge is 0.405 e. The highest BCUT2D eigenvalue weighted by Crippen LogP contribution is 2.24. The Hall–Kier alpha value is -2.48. The summed E-state index contributed by atoms with van der Waals surface area (Å²) in [5.41, 5.74) is 0.666. The summed E-state index contributed by atoms with van der Waals surface area (Å²) in [4.78, 5) is 23.4. The molecular formula is C16H13ClF3NO4. The van der Waals surface area contributed by atoms with Crippen molar-refractivity contribution in [1.82, 2.24) is 5.32 Å². The van der Waals surface area contributed by atoms with Crippen LogP contribution in [0.25, 0.3) is 11.3 Å². The van der Waals surface area contributed by atoms with Crippen molar-refractivity contribution in [3.8, 4) is 11.3 Å². The van der Waals surface area contributed by atoms with Crippen molar-refractivity contribution in [3.63, 3.8) is 0 Å². The van der Waals surface area contributed by atoms with Gasteiger partial charge in [-0.05, 0) is 43.3 Å². The molecule has 1 aromatic carbocycles. The van der Waals surface area contributed by atoms with Gasteiger partial charge >= 0.3 is 12.1 Å². The van der Waals surface area contributed by atoms with Crippen molar-refractivity contribution in [1.29, 1.82) is 0 Å².